The number of halogens is 3. The molecule has 0 fully saturated rings. The van der Waals surface area contributed by atoms with E-state index < -0.39 is 0 Å². The van der Waals surface area contributed by atoms with Gasteiger partial charge in [-0.15, -0.1) is 11.3 Å². The summed E-state index contributed by atoms with van der Waals surface area (Å²) in [7, 11) is 0. The molecule has 2 N–H and O–H groups in total. The van der Waals surface area contributed by atoms with Crippen molar-refractivity contribution < 1.29 is 5.11 Å². The summed E-state index contributed by atoms with van der Waals surface area (Å²) in [6.07, 6.45) is 0. The van der Waals surface area contributed by atoms with E-state index in [1.807, 2.05) is 29.6 Å². The van der Waals surface area contributed by atoms with Gasteiger partial charge in [0, 0.05) is 19.5 Å². The molecule has 1 aromatic heterocycles. The molecule has 2 rings (SSSR count). The third-order valence-corrected chi connectivity index (χ3v) is 5.60. The highest BCUT2D eigenvalue weighted by Crippen LogP contribution is 2.32. The minimum absolute atomic E-state index is 0.0271. The van der Waals surface area contributed by atoms with E-state index in [4.69, 9.17) is 11.6 Å². The molecule has 2 aromatic rings. The van der Waals surface area contributed by atoms with E-state index in [0.717, 1.165) is 19.5 Å². The van der Waals surface area contributed by atoms with Gasteiger partial charge in [0.1, 0.15) is 0 Å². The summed E-state index contributed by atoms with van der Waals surface area (Å²) in [5.41, 5.74) is 0.908. The monoisotopic (exact) mass is 409 g/mol. The van der Waals surface area contributed by atoms with Crippen molar-refractivity contribution in [1.29, 1.82) is 0 Å². The Morgan fingerprint density at radius 2 is 2.06 bits per heavy atom. The second-order valence-electron chi connectivity index (χ2n) is 3.64. The molecule has 1 heterocycles. The molecule has 0 radical (unpaired) electrons. The maximum Gasteiger partial charge on any atom is 0.0849 e. The average molecular weight is 412 g/mol. The van der Waals surface area contributed by atoms with Crippen LogP contribution in [0.25, 0.3) is 0 Å². The second kappa shape index (κ2) is 6.39. The molecule has 96 valence electrons. The van der Waals surface area contributed by atoms with E-state index in [9.17, 15) is 5.11 Å². The molecule has 1 atom stereocenters. The number of nitrogens with one attached hydrogen (secondary N) is 1. The number of benzene rings is 1. The largest absolute Gasteiger partial charge is 0.394 e. The molecular weight excluding hydrogens is 401 g/mol. The Labute approximate surface area is 131 Å². The normalized spacial score (nSPS) is 12.4. The SMILES string of the molecule is OCC(Nc1ccc(Cl)c(Br)c1)c1sccc1Br. The van der Waals surface area contributed by atoms with Crippen molar-refractivity contribution in [2.24, 2.45) is 0 Å². The standard InChI is InChI=1S/C12H10Br2ClNOS/c13-8-3-4-18-12(8)11(6-17)16-7-1-2-10(15)9(14)5-7/h1-5,11,16-17H,6H2. The summed E-state index contributed by atoms with van der Waals surface area (Å²) < 4.78 is 1.84. The first-order chi connectivity index (χ1) is 8.61. The van der Waals surface area contributed by atoms with E-state index in [0.29, 0.717) is 5.02 Å². The van der Waals surface area contributed by atoms with Gasteiger partial charge in [0.15, 0.2) is 0 Å². The Morgan fingerprint density at radius 1 is 1.28 bits per heavy atom. The van der Waals surface area contributed by atoms with Crippen LogP contribution >= 0.6 is 54.8 Å². The molecule has 0 aliphatic rings. The van der Waals surface area contributed by atoms with E-state index in [1.54, 1.807) is 11.3 Å². The van der Waals surface area contributed by atoms with Crippen molar-refractivity contribution in [3.8, 4) is 0 Å². The van der Waals surface area contributed by atoms with Crippen LogP contribution in [0.4, 0.5) is 5.69 Å². The van der Waals surface area contributed by atoms with Crippen molar-refractivity contribution in [2.45, 2.75) is 6.04 Å². The van der Waals surface area contributed by atoms with Crippen LogP contribution in [0.15, 0.2) is 38.6 Å². The maximum atomic E-state index is 9.49. The van der Waals surface area contributed by atoms with Crippen molar-refractivity contribution in [3.63, 3.8) is 0 Å². The number of aliphatic hydroxyl groups excluding tert-OH is 1. The highest BCUT2D eigenvalue weighted by atomic mass is 79.9. The highest BCUT2D eigenvalue weighted by molar-refractivity contribution is 9.10. The van der Waals surface area contributed by atoms with Crippen LogP contribution in [0.3, 0.4) is 0 Å². The van der Waals surface area contributed by atoms with Crippen LogP contribution in [0.1, 0.15) is 10.9 Å². The van der Waals surface area contributed by atoms with Crippen molar-refractivity contribution in [3.05, 3.63) is 48.5 Å². The van der Waals surface area contributed by atoms with Crippen molar-refractivity contribution in [2.75, 3.05) is 11.9 Å². The van der Waals surface area contributed by atoms with Crippen LogP contribution < -0.4 is 5.32 Å². The smallest absolute Gasteiger partial charge is 0.0849 e. The van der Waals surface area contributed by atoms with Gasteiger partial charge in [-0.05, 0) is 61.5 Å². The quantitative estimate of drug-likeness (QED) is 0.736. The zero-order valence-corrected chi connectivity index (χ0v) is 13.9. The number of hydrogen-bond acceptors (Lipinski definition) is 3. The third kappa shape index (κ3) is 3.27. The lowest BCUT2D eigenvalue weighted by Gasteiger charge is -2.17. The highest BCUT2D eigenvalue weighted by Gasteiger charge is 2.15. The fourth-order valence-electron chi connectivity index (χ4n) is 1.54. The van der Waals surface area contributed by atoms with Crippen LogP contribution in [0.2, 0.25) is 5.02 Å². The summed E-state index contributed by atoms with van der Waals surface area (Å²) in [6, 6.07) is 7.44. The Hall–Kier alpha value is -0.0700. The van der Waals surface area contributed by atoms with Gasteiger partial charge in [-0.25, -0.2) is 0 Å². The van der Waals surface area contributed by atoms with Crippen LogP contribution in [0, 0.1) is 0 Å². The molecule has 18 heavy (non-hydrogen) atoms. The number of anilines is 1. The van der Waals surface area contributed by atoms with E-state index >= 15 is 0 Å². The maximum absolute atomic E-state index is 9.49. The molecule has 1 unspecified atom stereocenters. The molecule has 1 aromatic carbocycles. The average Bonchev–Trinajstić information content (AvgIpc) is 2.77. The van der Waals surface area contributed by atoms with Gasteiger partial charge in [-0.2, -0.15) is 0 Å². The van der Waals surface area contributed by atoms with Crippen LogP contribution in [0.5, 0.6) is 0 Å². The molecule has 2 nitrogen and oxygen atoms in total. The number of aliphatic hydroxyl groups is 1. The molecule has 6 heteroatoms. The lowest BCUT2D eigenvalue weighted by Crippen LogP contribution is -2.13. The minimum Gasteiger partial charge on any atom is -0.394 e. The Balaban J connectivity index is 2.20. The summed E-state index contributed by atoms with van der Waals surface area (Å²) in [5.74, 6) is 0. The van der Waals surface area contributed by atoms with E-state index in [1.165, 1.54) is 0 Å². The lowest BCUT2D eigenvalue weighted by molar-refractivity contribution is 0.277. The van der Waals surface area contributed by atoms with E-state index in [-0.39, 0.29) is 12.6 Å². The second-order valence-corrected chi connectivity index (χ2v) is 6.70. The minimum atomic E-state index is -0.132. The van der Waals surface area contributed by atoms with Crippen LogP contribution in [-0.4, -0.2) is 11.7 Å². The summed E-state index contributed by atoms with van der Waals surface area (Å²) in [6.45, 7) is 0.0271. The molecule has 0 aliphatic carbocycles. The van der Waals surface area contributed by atoms with E-state index in [2.05, 4.69) is 37.2 Å². The fourth-order valence-corrected chi connectivity index (χ4v) is 3.72. The third-order valence-electron chi connectivity index (χ3n) is 2.40. The van der Waals surface area contributed by atoms with Gasteiger partial charge >= 0.3 is 0 Å². The molecule has 0 saturated heterocycles. The number of hydrogen-bond donors (Lipinski definition) is 2. The first-order valence-corrected chi connectivity index (χ1v) is 8.01. The summed E-state index contributed by atoms with van der Waals surface area (Å²) in [4.78, 5) is 1.07. The van der Waals surface area contributed by atoms with Gasteiger partial charge in [0.25, 0.3) is 0 Å². The Morgan fingerprint density at radius 3 is 2.61 bits per heavy atom. The van der Waals surface area contributed by atoms with Gasteiger partial charge in [-0.3, -0.25) is 0 Å². The molecular formula is C12H10Br2ClNOS. The molecule has 0 amide bonds. The number of rotatable bonds is 4. The molecule has 0 bridgehead atoms. The van der Waals surface area contributed by atoms with Gasteiger partial charge < -0.3 is 10.4 Å². The molecule has 0 spiro atoms. The zero-order valence-electron chi connectivity index (χ0n) is 9.16. The summed E-state index contributed by atoms with van der Waals surface area (Å²) in [5, 5.41) is 15.4. The number of thiophene rings is 1. The van der Waals surface area contributed by atoms with Gasteiger partial charge in [0.2, 0.25) is 0 Å². The zero-order chi connectivity index (χ0) is 13.1. The Kier molecular flexibility index (Phi) is 5.09. The predicted octanol–water partition coefficient (Wildman–Crippen LogP) is 5.07. The lowest BCUT2D eigenvalue weighted by atomic mass is 10.2. The fraction of sp³-hybridized carbons (Fsp3) is 0.167. The van der Waals surface area contributed by atoms with Crippen LogP contribution in [-0.2, 0) is 0 Å². The van der Waals surface area contributed by atoms with Gasteiger partial charge in [-0.1, -0.05) is 11.6 Å². The van der Waals surface area contributed by atoms with Gasteiger partial charge in [0.05, 0.1) is 17.7 Å². The van der Waals surface area contributed by atoms with Crippen molar-refractivity contribution in [1.82, 2.24) is 0 Å². The first kappa shape index (κ1) is 14.3. The predicted molar refractivity (Wildman–Crippen MR) is 84.6 cm³/mol. The van der Waals surface area contributed by atoms with Crippen molar-refractivity contribution >= 4 is 60.5 Å². The first-order valence-electron chi connectivity index (χ1n) is 5.17. The molecule has 0 aliphatic heterocycles. The molecule has 0 saturated carbocycles. The summed E-state index contributed by atoms with van der Waals surface area (Å²) >= 11 is 14.4. The topological polar surface area (TPSA) is 32.3 Å². The Bertz CT molecular complexity index is 547.